The smallest absolute Gasteiger partial charge is 0.0452 e. The van der Waals surface area contributed by atoms with E-state index in [0.717, 1.165) is 41.7 Å². The van der Waals surface area contributed by atoms with E-state index in [1.165, 1.54) is 0 Å². The SMILES string of the molecule is CC1CN(Cc2cc(Cl)ccc2Cl)CCC1N.Cl. The van der Waals surface area contributed by atoms with E-state index in [0.29, 0.717) is 12.0 Å². The monoisotopic (exact) mass is 308 g/mol. The highest BCUT2D eigenvalue weighted by Crippen LogP contribution is 2.24. The number of likely N-dealkylation sites (tertiary alicyclic amines) is 1. The molecule has 2 unspecified atom stereocenters. The third-order valence-corrected chi connectivity index (χ3v) is 4.06. The molecule has 1 saturated heterocycles. The summed E-state index contributed by atoms with van der Waals surface area (Å²) in [4.78, 5) is 2.39. The van der Waals surface area contributed by atoms with Crippen LogP contribution in [0.2, 0.25) is 10.0 Å². The second kappa shape index (κ2) is 6.97. The van der Waals surface area contributed by atoms with Crippen molar-refractivity contribution in [1.82, 2.24) is 4.90 Å². The van der Waals surface area contributed by atoms with E-state index in [-0.39, 0.29) is 12.4 Å². The first-order valence-corrected chi connectivity index (χ1v) is 6.73. The van der Waals surface area contributed by atoms with Gasteiger partial charge in [-0.3, -0.25) is 4.90 Å². The van der Waals surface area contributed by atoms with Gasteiger partial charge in [0.25, 0.3) is 0 Å². The van der Waals surface area contributed by atoms with Crippen molar-refractivity contribution in [3.63, 3.8) is 0 Å². The van der Waals surface area contributed by atoms with Crippen molar-refractivity contribution in [3.05, 3.63) is 33.8 Å². The largest absolute Gasteiger partial charge is 0.327 e. The van der Waals surface area contributed by atoms with Gasteiger partial charge in [-0.2, -0.15) is 0 Å². The zero-order valence-corrected chi connectivity index (χ0v) is 12.7. The first-order valence-electron chi connectivity index (χ1n) is 5.98. The van der Waals surface area contributed by atoms with Gasteiger partial charge in [0, 0.05) is 29.2 Å². The van der Waals surface area contributed by atoms with Crippen LogP contribution in [-0.4, -0.2) is 24.0 Å². The molecule has 0 amide bonds. The Morgan fingerprint density at radius 2 is 2.11 bits per heavy atom. The van der Waals surface area contributed by atoms with Crippen molar-refractivity contribution in [2.75, 3.05) is 13.1 Å². The summed E-state index contributed by atoms with van der Waals surface area (Å²) in [6, 6.07) is 5.96. The van der Waals surface area contributed by atoms with Gasteiger partial charge in [0.2, 0.25) is 0 Å². The standard InChI is InChI=1S/C13H18Cl2N2.ClH/c1-9-7-17(5-4-13(9)16)8-10-6-11(14)2-3-12(10)15;/h2-3,6,9,13H,4-5,7-8,16H2,1H3;1H. The Morgan fingerprint density at radius 1 is 1.39 bits per heavy atom. The van der Waals surface area contributed by atoms with Crippen LogP contribution in [0.3, 0.4) is 0 Å². The predicted molar refractivity (Wildman–Crippen MR) is 80.7 cm³/mol. The maximum Gasteiger partial charge on any atom is 0.0452 e. The lowest BCUT2D eigenvalue weighted by Gasteiger charge is -2.35. The highest BCUT2D eigenvalue weighted by molar-refractivity contribution is 6.33. The average molecular weight is 310 g/mol. The minimum absolute atomic E-state index is 0. The van der Waals surface area contributed by atoms with Gasteiger partial charge >= 0.3 is 0 Å². The molecule has 1 aliphatic heterocycles. The number of hydrogen-bond donors (Lipinski definition) is 1. The Bertz CT molecular complexity index is 398. The van der Waals surface area contributed by atoms with Crippen LogP contribution in [0.25, 0.3) is 0 Å². The van der Waals surface area contributed by atoms with Gasteiger partial charge in [-0.25, -0.2) is 0 Å². The van der Waals surface area contributed by atoms with Gasteiger partial charge in [0.15, 0.2) is 0 Å². The number of rotatable bonds is 2. The fraction of sp³-hybridized carbons (Fsp3) is 0.538. The summed E-state index contributed by atoms with van der Waals surface area (Å²) in [5.74, 6) is 0.543. The molecular weight excluding hydrogens is 291 g/mol. The molecule has 5 heteroatoms. The fourth-order valence-electron chi connectivity index (χ4n) is 2.30. The molecule has 1 aromatic rings. The van der Waals surface area contributed by atoms with Gasteiger partial charge < -0.3 is 5.73 Å². The summed E-state index contributed by atoms with van der Waals surface area (Å²) in [6.45, 7) is 5.13. The molecular formula is C13H19Cl3N2. The molecule has 1 fully saturated rings. The van der Waals surface area contributed by atoms with E-state index in [9.17, 15) is 0 Å². The van der Waals surface area contributed by atoms with Gasteiger partial charge in [0.1, 0.15) is 0 Å². The summed E-state index contributed by atoms with van der Waals surface area (Å²) in [5.41, 5.74) is 7.11. The van der Waals surface area contributed by atoms with Gasteiger partial charge in [-0.15, -0.1) is 12.4 Å². The van der Waals surface area contributed by atoms with Crippen molar-refractivity contribution in [1.29, 1.82) is 0 Å². The lowest BCUT2D eigenvalue weighted by Crippen LogP contribution is -2.45. The van der Waals surface area contributed by atoms with Crippen LogP contribution in [0, 0.1) is 5.92 Å². The molecule has 1 aliphatic rings. The summed E-state index contributed by atoms with van der Waals surface area (Å²) < 4.78 is 0. The molecule has 0 bridgehead atoms. The first kappa shape index (κ1) is 16.1. The Labute approximate surface area is 125 Å². The lowest BCUT2D eigenvalue weighted by molar-refractivity contribution is 0.158. The molecule has 1 aromatic carbocycles. The minimum Gasteiger partial charge on any atom is -0.327 e. The fourth-order valence-corrected chi connectivity index (χ4v) is 2.67. The summed E-state index contributed by atoms with van der Waals surface area (Å²) in [6.07, 6.45) is 1.05. The number of hydrogen-bond acceptors (Lipinski definition) is 2. The van der Waals surface area contributed by atoms with Crippen LogP contribution < -0.4 is 5.73 Å². The first-order chi connectivity index (χ1) is 8.06. The van der Waals surface area contributed by atoms with Crippen LogP contribution >= 0.6 is 35.6 Å². The Balaban J connectivity index is 0.00000162. The van der Waals surface area contributed by atoms with Gasteiger partial charge in [-0.1, -0.05) is 30.1 Å². The van der Waals surface area contributed by atoms with Gasteiger partial charge in [-0.05, 0) is 42.6 Å². The molecule has 2 N–H and O–H groups in total. The van der Waals surface area contributed by atoms with Gasteiger partial charge in [0.05, 0.1) is 0 Å². The van der Waals surface area contributed by atoms with Crippen LogP contribution in [0.5, 0.6) is 0 Å². The van der Waals surface area contributed by atoms with Crippen molar-refractivity contribution < 1.29 is 0 Å². The molecule has 0 spiro atoms. The zero-order valence-electron chi connectivity index (χ0n) is 10.4. The number of piperidine rings is 1. The van der Waals surface area contributed by atoms with Crippen molar-refractivity contribution in [2.24, 2.45) is 11.7 Å². The second-order valence-electron chi connectivity index (χ2n) is 4.90. The minimum atomic E-state index is 0. The predicted octanol–water partition coefficient (Wildman–Crippen LogP) is 3.58. The van der Waals surface area contributed by atoms with Crippen LogP contribution in [0.4, 0.5) is 0 Å². The molecule has 2 rings (SSSR count). The maximum absolute atomic E-state index is 6.17. The van der Waals surface area contributed by atoms with Crippen molar-refractivity contribution >= 4 is 35.6 Å². The van der Waals surface area contributed by atoms with Crippen LogP contribution in [-0.2, 0) is 6.54 Å². The third kappa shape index (κ3) is 4.01. The number of nitrogens with zero attached hydrogens (tertiary/aromatic N) is 1. The molecule has 0 radical (unpaired) electrons. The Morgan fingerprint density at radius 3 is 2.78 bits per heavy atom. The summed E-state index contributed by atoms with van der Waals surface area (Å²) >= 11 is 12.2. The van der Waals surface area contributed by atoms with Crippen LogP contribution in [0.1, 0.15) is 18.9 Å². The molecule has 1 heterocycles. The third-order valence-electron chi connectivity index (χ3n) is 3.46. The Hall–Kier alpha value is 0.01000. The molecule has 2 atom stereocenters. The van der Waals surface area contributed by atoms with E-state index < -0.39 is 0 Å². The van der Waals surface area contributed by atoms with E-state index in [1.54, 1.807) is 0 Å². The molecule has 102 valence electrons. The number of halogens is 3. The molecule has 0 aliphatic carbocycles. The van der Waals surface area contributed by atoms with Crippen LogP contribution in [0.15, 0.2) is 18.2 Å². The normalized spacial score (nSPS) is 24.7. The number of nitrogens with two attached hydrogens (primary N) is 1. The van der Waals surface area contributed by atoms with E-state index in [4.69, 9.17) is 28.9 Å². The highest BCUT2D eigenvalue weighted by atomic mass is 35.5. The topological polar surface area (TPSA) is 29.3 Å². The summed E-state index contributed by atoms with van der Waals surface area (Å²) in [5, 5.41) is 1.53. The maximum atomic E-state index is 6.17. The molecule has 2 nitrogen and oxygen atoms in total. The second-order valence-corrected chi connectivity index (χ2v) is 5.74. The average Bonchev–Trinajstić information content (AvgIpc) is 2.29. The molecule has 0 aromatic heterocycles. The van der Waals surface area contributed by atoms with E-state index in [1.807, 2.05) is 18.2 Å². The highest BCUT2D eigenvalue weighted by Gasteiger charge is 2.23. The summed E-state index contributed by atoms with van der Waals surface area (Å²) in [7, 11) is 0. The molecule has 18 heavy (non-hydrogen) atoms. The van der Waals surface area contributed by atoms with Crippen molar-refractivity contribution in [3.8, 4) is 0 Å². The van der Waals surface area contributed by atoms with E-state index in [2.05, 4.69) is 11.8 Å². The number of benzene rings is 1. The quantitative estimate of drug-likeness (QED) is 0.904. The zero-order chi connectivity index (χ0) is 12.4. The lowest BCUT2D eigenvalue weighted by atomic mass is 9.94. The Kier molecular flexibility index (Phi) is 6.22. The van der Waals surface area contributed by atoms with E-state index >= 15 is 0 Å². The molecule has 0 saturated carbocycles. The van der Waals surface area contributed by atoms with Crippen molar-refractivity contribution in [2.45, 2.75) is 25.9 Å².